The number of sulfone groups is 1. The summed E-state index contributed by atoms with van der Waals surface area (Å²) in [5.41, 5.74) is 6.49. The van der Waals surface area contributed by atoms with E-state index in [1.807, 2.05) is 0 Å². The summed E-state index contributed by atoms with van der Waals surface area (Å²) in [7, 11) is -1.97. The molecule has 16 heavy (non-hydrogen) atoms. The molecule has 0 saturated heterocycles. The van der Waals surface area contributed by atoms with E-state index >= 15 is 0 Å². The Kier molecular flexibility index (Phi) is 3.54. The molecule has 1 aromatic rings. The maximum Gasteiger partial charge on any atom is 0.338 e. The van der Waals surface area contributed by atoms with E-state index in [-0.39, 0.29) is 11.3 Å². The zero-order chi connectivity index (χ0) is 12.3. The highest BCUT2D eigenvalue weighted by Gasteiger charge is 2.15. The number of hydrogen-bond acceptors (Lipinski definition) is 5. The van der Waals surface area contributed by atoms with Crippen molar-refractivity contribution in [2.24, 2.45) is 0 Å². The summed E-state index contributed by atoms with van der Waals surface area (Å²) in [6.45, 7) is 0. The van der Waals surface area contributed by atoms with Gasteiger partial charge in [0.15, 0.2) is 9.84 Å². The van der Waals surface area contributed by atoms with E-state index in [1.165, 1.54) is 19.2 Å². The van der Waals surface area contributed by atoms with Crippen molar-refractivity contribution < 1.29 is 17.9 Å². The highest BCUT2D eigenvalue weighted by Crippen LogP contribution is 2.17. The molecular weight excluding hydrogens is 230 g/mol. The lowest BCUT2D eigenvalue weighted by atomic mass is 10.1. The molecule has 0 aliphatic rings. The van der Waals surface area contributed by atoms with Gasteiger partial charge in [0.25, 0.3) is 0 Å². The van der Waals surface area contributed by atoms with Crippen LogP contribution in [-0.4, -0.2) is 27.8 Å². The smallest absolute Gasteiger partial charge is 0.338 e. The average molecular weight is 243 g/mol. The molecule has 0 atom stereocenters. The van der Waals surface area contributed by atoms with Crippen molar-refractivity contribution in [3.05, 3.63) is 29.3 Å². The third-order valence-corrected chi connectivity index (χ3v) is 2.79. The predicted octanol–water partition coefficient (Wildman–Crippen LogP) is 0.600. The highest BCUT2D eigenvalue weighted by molar-refractivity contribution is 7.89. The van der Waals surface area contributed by atoms with Crippen molar-refractivity contribution in [1.29, 1.82) is 0 Å². The van der Waals surface area contributed by atoms with Crippen molar-refractivity contribution in [2.45, 2.75) is 5.75 Å². The molecule has 5 nitrogen and oxygen atoms in total. The summed E-state index contributed by atoms with van der Waals surface area (Å²) in [4.78, 5) is 11.4. The minimum Gasteiger partial charge on any atom is -0.465 e. The molecule has 2 N–H and O–H groups in total. The number of rotatable bonds is 3. The molecule has 0 bridgehead atoms. The quantitative estimate of drug-likeness (QED) is 0.620. The van der Waals surface area contributed by atoms with E-state index in [0.29, 0.717) is 11.3 Å². The SMILES string of the molecule is COC(=O)c1cc(N)ccc1CS(C)(=O)=O. The lowest BCUT2D eigenvalue weighted by Gasteiger charge is -2.07. The summed E-state index contributed by atoms with van der Waals surface area (Å²) >= 11 is 0. The van der Waals surface area contributed by atoms with Crippen LogP contribution < -0.4 is 5.73 Å². The van der Waals surface area contributed by atoms with Crippen LogP contribution in [0.3, 0.4) is 0 Å². The van der Waals surface area contributed by atoms with Crippen LogP contribution >= 0.6 is 0 Å². The average Bonchev–Trinajstić information content (AvgIpc) is 2.17. The number of ether oxygens (including phenoxy) is 1. The van der Waals surface area contributed by atoms with Gasteiger partial charge in [-0.25, -0.2) is 13.2 Å². The molecule has 0 unspecified atom stereocenters. The van der Waals surface area contributed by atoms with Crippen molar-refractivity contribution >= 4 is 21.5 Å². The first-order valence-corrected chi connectivity index (χ1v) is 6.54. The molecule has 0 heterocycles. The predicted molar refractivity (Wildman–Crippen MR) is 60.7 cm³/mol. The fourth-order valence-corrected chi connectivity index (χ4v) is 2.12. The van der Waals surface area contributed by atoms with Gasteiger partial charge in [0.1, 0.15) is 0 Å². The Hall–Kier alpha value is -1.56. The van der Waals surface area contributed by atoms with Gasteiger partial charge in [0, 0.05) is 11.9 Å². The number of carbonyl (C=O) groups excluding carboxylic acids is 1. The first-order chi connectivity index (χ1) is 7.33. The van der Waals surface area contributed by atoms with Gasteiger partial charge in [-0.3, -0.25) is 0 Å². The molecule has 0 amide bonds. The summed E-state index contributed by atoms with van der Waals surface area (Å²) < 4.78 is 26.9. The molecule has 0 aromatic heterocycles. The number of benzene rings is 1. The van der Waals surface area contributed by atoms with Gasteiger partial charge in [-0.1, -0.05) is 6.07 Å². The van der Waals surface area contributed by atoms with Crippen LogP contribution in [0.15, 0.2) is 18.2 Å². The molecule has 0 radical (unpaired) electrons. The lowest BCUT2D eigenvalue weighted by molar-refractivity contribution is 0.0600. The van der Waals surface area contributed by atoms with Gasteiger partial charge in [0.2, 0.25) is 0 Å². The van der Waals surface area contributed by atoms with E-state index in [4.69, 9.17) is 5.73 Å². The Labute approximate surface area is 94.1 Å². The van der Waals surface area contributed by atoms with Crippen molar-refractivity contribution in [1.82, 2.24) is 0 Å². The van der Waals surface area contributed by atoms with E-state index in [2.05, 4.69) is 4.74 Å². The third kappa shape index (κ3) is 3.23. The molecule has 0 spiro atoms. The molecule has 1 rings (SSSR count). The number of nitrogens with two attached hydrogens (primary N) is 1. The first-order valence-electron chi connectivity index (χ1n) is 4.48. The van der Waals surface area contributed by atoms with Crippen LogP contribution in [0.1, 0.15) is 15.9 Å². The fraction of sp³-hybridized carbons (Fsp3) is 0.300. The Bertz CT molecular complexity index is 508. The summed E-state index contributed by atoms with van der Waals surface area (Å²) in [6.07, 6.45) is 1.10. The van der Waals surface area contributed by atoms with Gasteiger partial charge >= 0.3 is 5.97 Å². The van der Waals surface area contributed by atoms with E-state index in [0.717, 1.165) is 6.26 Å². The first kappa shape index (κ1) is 12.5. The summed E-state index contributed by atoms with van der Waals surface area (Å²) in [5, 5.41) is 0. The zero-order valence-corrected chi connectivity index (χ0v) is 9.87. The third-order valence-electron chi connectivity index (χ3n) is 1.96. The van der Waals surface area contributed by atoms with Crippen molar-refractivity contribution in [3.8, 4) is 0 Å². The molecule has 0 fully saturated rings. The van der Waals surface area contributed by atoms with Gasteiger partial charge in [-0.05, 0) is 17.7 Å². The maximum atomic E-state index is 11.4. The number of carbonyl (C=O) groups is 1. The second-order valence-electron chi connectivity index (χ2n) is 3.48. The van der Waals surface area contributed by atoms with Crippen LogP contribution in [0.4, 0.5) is 5.69 Å². The number of nitrogen functional groups attached to an aromatic ring is 1. The van der Waals surface area contributed by atoms with Crippen LogP contribution in [-0.2, 0) is 20.3 Å². The van der Waals surface area contributed by atoms with Crippen molar-refractivity contribution in [3.63, 3.8) is 0 Å². The second-order valence-corrected chi connectivity index (χ2v) is 5.62. The topological polar surface area (TPSA) is 86.5 Å². The summed E-state index contributed by atoms with van der Waals surface area (Å²) in [5.74, 6) is -0.802. The molecular formula is C10H13NO4S. The summed E-state index contributed by atoms with van der Waals surface area (Å²) in [6, 6.07) is 4.47. The Balaban J connectivity index is 3.23. The fourth-order valence-electron chi connectivity index (χ4n) is 1.30. The number of methoxy groups -OCH3 is 1. The van der Waals surface area contributed by atoms with Crippen LogP contribution in [0, 0.1) is 0 Å². The largest absolute Gasteiger partial charge is 0.465 e. The number of anilines is 1. The van der Waals surface area contributed by atoms with Crippen LogP contribution in [0.25, 0.3) is 0 Å². The van der Waals surface area contributed by atoms with Gasteiger partial charge < -0.3 is 10.5 Å². The lowest BCUT2D eigenvalue weighted by Crippen LogP contribution is -2.10. The molecule has 0 aliphatic heterocycles. The Morgan fingerprint density at radius 1 is 1.44 bits per heavy atom. The van der Waals surface area contributed by atoms with Gasteiger partial charge in [0.05, 0.1) is 18.4 Å². The second kappa shape index (κ2) is 4.52. The monoisotopic (exact) mass is 243 g/mol. The minimum atomic E-state index is -3.20. The highest BCUT2D eigenvalue weighted by atomic mass is 32.2. The normalized spacial score (nSPS) is 11.1. The number of esters is 1. The maximum absolute atomic E-state index is 11.4. The standard InChI is InChI=1S/C10H13NO4S/c1-15-10(12)9-5-8(11)4-3-7(9)6-16(2,13)14/h3-5H,6,11H2,1-2H3. The van der Waals surface area contributed by atoms with E-state index in [9.17, 15) is 13.2 Å². The molecule has 88 valence electrons. The molecule has 0 saturated carbocycles. The molecule has 6 heteroatoms. The van der Waals surface area contributed by atoms with Crippen LogP contribution in [0.5, 0.6) is 0 Å². The van der Waals surface area contributed by atoms with E-state index in [1.54, 1.807) is 6.07 Å². The van der Waals surface area contributed by atoms with E-state index < -0.39 is 15.8 Å². The van der Waals surface area contributed by atoms with Gasteiger partial charge in [-0.2, -0.15) is 0 Å². The van der Waals surface area contributed by atoms with Gasteiger partial charge in [-0.15, -0.1) is 0 Å². The zero-order valence-electron chi connectivity index (χ0n) is 9.06. The Morgan fingerprint density at radius 2 is 2.06 bits per heavy atom. The van der Waals surface area contributed by atoms with Crippen LogP contribution in [0.2, 0.25) is 0 Å². The number of hydrogen-bond donors (Lipinski definition) is 1. The Morgan fingerprint density at radius 3 is 2.56 bits per heavy atom. The van der Waals surface area contributed by atoms with Crippen molar-refractivity contribution in [2.75, 3.05) is 19.1 Å². The molecule has 0 aliphatic carbocycles. The minimum absolute atomic E-state index is 0.188. The molecule has 1 aromatic carbocycles.